The summed E-state index contributed by atoms with van der Waals surface area (Å²) in [6.45, 7) is 3.37. The van der Waals surface area contributed by atoms with E-state index in [0.717, 1.165) is 18.0 Å². The number of aromatic nitrogens is 6. The van der Waals surface area contributed by atoms with Crippen molar-refractivity contribution >= 4 is 17.3 Å². The molecule has 0 unspecified atom stereocenters. The van der Waals surface area contributed by atoms with Gasteiger partial charge >= 0.3 is 0 Å². The Morgan fingerprint density at radius 3 is 3.10 bits per heavy atom. The zero-order chi connectivity index (χ0) is 13.9. The number of nitrogens with one attached hydrogen (secondary N) is 2. The van der Waals surface area contributed by atoms with Crippen LogP contribution in [0.25, 0.3) is 5.65 Å². The van der Waals surface area contributed by atoms with Crippen LogP contribution in [-0.2, 0) is 13.1 Å². The Hall–Kier alpha value is -2.68. The van der Waals surface area contributed by atoms with Crippen LogP contribution in [0.1, 0.15) is 12.7 Å². The Balaban J connectivity index is 1.88. The number of hydrazine groups is 1. The lowest BCUT2D eigenvalue weighted by atomic mass is 10.5. The SMILES string of the molecule is CCn1cnnc1CNc1nc(NN)cn2ccnc12. The zero-order valence-electron chi connectivity index (χ0n) is 11.0. The van der Waals surface area contributed by atoms with Gasteiger partial charge in [-0.05, 0) is 6.92 Å². The minimum absolute atomic E-state index is 0.511. The molecule has 0 atom stereocenters. The van der Waals surface area contributed by atoms with Crippen LogP contribution in [0.2, 0.25) is 0 Å². The molecule has 0 radical (unpaired) electrons. The molecule has 0 aliphatic heterocycles. The number of hydrogen-bond acceptors (Lipinski definition) is 7. The van der Waals surface area contributed by atoms with Gasteiger partial charge in [0.25, 0.3) is 0 Å². The fourth-order valence-electron chi connectivity index (χ4n) is 1.96. The van der Waals surface area contributed by atoms with E-state index in [4.69, 9.17) is 5.84 Å². The predicted molar refractivity (Wildman–Crippen MR) is 73.8 cm³/mol. The normalized spacial score (nSPS) is 10.9. The van der Waals surface area contributed by atoms with Crippen molar-refractivity contribution in [2.45, 2.75) is 20.0 Å². The molecule has 0 aliphatic rings. The van der Waals surface area contributed by atoms with Gasteiger partial charge in [0.2, 0.25) is 0 Å². The van der Waals surface area contributed by atoms with E-state index in [1.807, 2.05) is 22.1 Å². The highest BCUT2D eigenvalue weighted by molar-refractivity contribution is 5.65. The summed E-state index contributed by atoms with van der Waals surface area (Å²) in [7, 11) is 0. The summed E-state index contributed by atoms with van der Waals surface area (Å²) in [5.41, 5.74) is 3.26. The first-order valence-corrected chi connectivity index (χ1v) is 6.22. The molecule has 0 aromatic carbocycles. The molecular weight excluding hydrogens is 258 g/mol. The van der Waals surface area contributed by atoms with Gasteiger partial charge in [-0.3, -0.25) is 0 Å². The molecular formula is C11H15N9. The third-order valence-electron chi connectivity index (χ3n) is 2.97. The topological polar surface area (TPSA) is 111 Å². The minimum atomic E-state index is 0.511. The van der Waals surface area contributed by atoms with Crippen molar-refractivity contribution < 1.29 is 0 Å². The molecule has 0 aliphatic carbocycles. The van der Waals surface area contributed by atoms with Crippen molar-refractivity contribution in [2.75, 3.05) is 10.7 Å². The predicted octanol–water partition coefficient (Wildman–Crippen LogP) is 0.238. The van der Waals surface area contributed by atoms with Crippen molar-refractivity contribution in [3.05, 3.63) is 30.7 Å². The Morgan fingerprint density at radius 2 is 2.30 bits per heavy atom. The smallest absolute Gasteiger partial charge is 0.180 e. The lowest BCUT2D eigenvalue weighted by Gasteiger charge is -2.09. The molecule has 0 amide bonds. The minimum Gasteiger partial charge on any atom is -0.360 e. The van der Waals surface area contributed by atoms with Crippen molar-refractivity contribution in [3.63, 3.8) is 0 Å². The fourth-order valence-corrected chi connectivity index (χ4v) is 1.96. The molecule has 0 bridgehead atoms. The second-order valence-corrected chi connectivity index (χ2v) is 4.16. The summed E-state index contributed by atoms with van der Waals surface area (Å²) >= 11 is 0. The van der Waals surface area contributed by atoms with Gasteiger partial charge in [-0.25, -0.2) is 15.8 Å². The molecule has 0 spiro atoms. The summed E-state index contributed by atoms with van der Waals surface area (Å²) in [5, 5.41) is 11.2. The molecule has 0 saturated heterocycles. The molecule has 4 N–H and O–H groups in total. The maximum Gasteiger partial charge on any atom is 0.180 e. The summed E-state index contributed by atoms with van der Waals surface area (Å²) in [5.74, 6) is 7.44. The Morgan fingerprint density at radius 1 is 1.40 bits per heavy atom. The van der Waals surface area contributed by atoms with Crippen LogP contribution in [-0.4, -0.2) is 29.1 Å². The van der Waals surface area contributed by atoms with Crippen molar-refractivity contribution in [3.8, 4) is 0 Å². The van der Waals surface area contributed by atoms with Gasteiger partial charge in [0, 0.05) is 18.9 Å². The largest absolute Gasteiger partial charge is 0.360 e. The summed E-state index contributed by atoms with van der Waals surface area (Å²) < 4.78 is 3.80. The molecule has 104 valence electrons. The molecule has 3 rings (SSSR count). The second-order valence-electron chi connectivity index (χ2n) is 4.16. The van der Waals surface area contributed by atoms with E-state index < -0.39 is 0 Å². The average molecular weight is 273 g/mol. The standard InChI is InChI=1S/C11H15N9/c1-2-19-7-15-18-9(19)5-14-10-11-13-3-4-20(11)6-8(16-10)17-12/h3-4,6-7,17H,2,5,12H2,1H3,(H,14,16). The van der Waals surface area contributed by atoms with Crippen molar-refractivity contribution in [1.29, 1.82) is 0 Å². The Bertz CT molecular complexity index is 714. The molecule has 0 fully saturated rings. The number of nitrogens with two attached hydrogens (primary N) is 1. The van der Waals surface area contributed by atoms with E-state index in [0.29, 0.717) is 18.2 Å². The highest BCUT2D eigenvalue weighted by Gasteiger charge is 2.08. The van der Waals surface area contributed by atoms with Crippen LogP contribution in [0, 0.1) is 0 Å². The molecule has 0 saturated carbocycles. The lowest BCUT2D eigenvalue weighted by Crippen LogP contribution is -2.13. The lowest BCUT2D eigenvalue weighted by molar-refractivity contribution is 0.707. The zero-order valence-corrected chi connectivity index (χ0v) is 11.0. The highest BCUT2D eigenvalue weighted by Crippen LogP contribution is 2.16. The number of rotatable bonds is 5. The number of nitrogen functional groups attached to an aromatic ring is 1. The van der Waals surface area contributed by atoms with E-state index in [1.54, 1.807) is 18.7 Å². The molecule has 3 heterocycles. The van der Waals surface area contributed by atoms with E-state index in [1.165, 1.54) is 0 Å². The van der Waals surface area contributed by atoms with Crippen LogP contribution in [0.15, 0.2) is 24.9 Å². The third-order valence-corrected chi connectivity index (χ3v) is 2.97. The quantitative estimate of drug-likeness (QED) is 0.451. The van der Waals surface area contributed by atoms with Gasteiger partial charge in [0.1, 0.15) is 6.33 Å². The van der Waals surface area contributed by atoms with Crippen LogP contribution in [0.4, 0.5) is 11.6 Å². The van der Waals surface area contributed by atoms with Crippen LogP contribution in [0.3, 0.4) is 0 Å². The molecule has 9 heteroatoms. The molecule has 3 aromatic heterocycles. The number of aryl methyl sites for hydroxylation is 1. The summed E-state index contributed by atoms with van der Waals surface area (Å²) in [6, 6.07) is 0. The highest BCUT2D eigenvalue weighted by atomic mass is 15.3. The number of anilines is 2. The van der Waals surface area contributed by atoms with E-state index in [9.17, 15) is 0 Å². The number of fused-ring (bicyclic) bond motifs is 1. The summed E-state index contributed by atoms with van der Waals surface area (Å²) in [4.78, 5) is 8.62. The first kappa shape index (κ1) is 12.4. The second kappa shape index (κ2) is 5.13. The molecule has 9 nitrogen and oxygen atoms in total. The Kier molecular flexibility index (Phi) is 3.17. The average Bonchev–Trinajstić information content (AvgIpc) is 3.12. The number of hydrogen-bond donors (Lipinski definition) is 3. The van der Waals surface area contributed by atoms with Crippen LogP contribution >= 0.6 is 0 Å². The van der Waals surface area contributed by atoms with E-state index >= 15 is 0 Å². The maximum absolute atomic E-state index is 5.41. The third kappa shape index (κ3) is 2.14. The monoisotopic (exact) mass is 273 g/mol. The van der Waals surface area contributed by atoms with Gasteiger partial charge in [-0.15, -0.1) is 10.2 Å². The van der Waals surface area contributed by atoms with Crippen molar-refractivity contribution in [1.82, 2.24) is 29.1 Å². The van der Waals surface area contributed by atoms with Gasteiger partial charge in [-0.1, -0.05) is 0 Å². The van der Waals surface area contributed by atoms with Gasteiger partial charge in [0.15, 0.2) is 23.1 Å². The van der Waals surface area contributed by atoms with Crippen LogP contribution in [0.5, 0.6) is 0 Å². The molecule has 20 heavy (non-hydrogen) atoms. The fraction of sp³-hybridized carbons (Fsp3) is 0.273. The van der Waals surface area contributed by atoms with Gasteiger partial charge in [-0.2, -0.15) is 0 Å². The number of nitrogens with zero attached hydrogens (tertiary/aromatic N) is 6. The van der Waals surface area contributed by atoms with Gasteiger partial charge in [0.05, 0.1) is 12.7 Å². The number of imidazole rings is 1. The van der Waals surface area contributed by atoms with E-state index in [2.05, 4.69) is 30.9 Å². The first-order chi connectivity index (χ1) is 9.81. The first-order valence-electron chi connectivity index (χ1n) is 6.22. The van der Waals surface area contributed by atoms with Crippen LogP contribution < -0.4 is 16.6 Å². The molecule has 3 aromatic rings. The van der Waals surface area contributed by atoms with E-state index in [-0.39, 0.29) is 0 Å². The van der Waals surface area contributed by atoms with Crippen molar-refractivity contribution in [2.24, 2.45) is 5.84 Å². The maximum atomic E-state index is 5.41. The Labute approximate surface area is 114 Å². The van der Waals surface area contributed by atoms with Gasteiger partial charge < -0.3 is 19.7 Å². The summed E-state index contributed by atoms with van der Waals surface area (Å²) in [6.07, 6.45) is 7.00.